The van der Waals surface area contributed by atoms with E-state index in [4.69, 9.17) is 14.9 Å². The minimum atomic E-state index is 0.207. The molecule has 0 amide bonds. The molecule has 1 saturated heterocycles. The Morgan fingerprint density at radius 3 is 3.00 bits per heavy atom. The monoisotopic (exact) mass is 252 g/mol. The first-order valence-electron chi connectivity index (χ1n) is 6.74. The maximum atomic E-state index is 5.93. The predicted molar refractivity (Wildman–Crippen MR) is 71.4 cm³/mol. The second-order valence-electron chi connectivity index (χ2n) is 5.16. The van der Waals surface area contributed by atoms with E-state index < -0.39 is 0 Å². The lowest BCUT2D eigenvalue weighted by molar-refractivity contribution is 0.0637. The van der Waals surface area contributed by atoms with E-state index >= 15 is 0 Å². The topological polar surface area (TPSA) is 51.6 Å². The number of nitrogens with zero attached hydrogens (tertiary/aromatic N) is 1. The molecule has 0 radical (unpaired) electrons. The lowest BCUT2D eigenvalue weighted by Crippen LogP contribution is -2.42. The molecule has 2 heterocycles. The lowest BCUT2D eigenvalue weighted by atomic mass is 9.97. The molecule has 0 aliphatic carbocycles. The fraction of sp³-hybridized carbons (Fsp3) is 0.714. The molecule has 4 nitrogen and oxygen atoms in total. The lowest BCUT2D eigenvalue weighted by Gasteiger charge is -2.36. The Hall–Kier alpha value is -0.840. The number of hydrogen-bond acceptors (Lipinski definition) is 4. The third-order valence-electron chi connectivity index (χ3n) is 3.71. The number of piperidine rings is 1. The van der Waals surface area contributed by atoms with Gasteiger partial charge >= 0.3 is 0 Å². The van der Waals surface area contributed by atoms with Gasteiger partial charge in [-0.3, -0.25) is 4.90 Å². The van der Waals surface area contributed by atoms with Crippen molar-refractivity contribution in [2.45, 2.75) is 25.8 Å². The number of hydrogen-bond donors (Lipinski definition) is 1. The molecule has 0 bridgehead atoms. The van der Waals surface area contributed by atoms with Gasteiger partial charge in [0.2, 0.25) is 0 Å². The second kappa shape index (κ2) is 6.36. The summed E-state index contributed by atoms with van der Waals surface area (Å²) in [5.74, 6) is 2.57. The number of rotatable bonds is 5. The summed E-state index contributed by atoms with van der Waals surface area (Å²) >= 11 is 0. The van der Waals surface area contributed by atoms with Gasteiger partial charge in [-0.15, -0.1) is 0 Å². The predicted octanol–water partition coefficient (Wildman–Crippen LogP) is 1.95. The highest BCUT2D eigenvalue weighted by molar-refractivity contribution is 5.10. The van der Waals surface area contributed by atoms with Gasteiger partial charge in [-0.2, -0.15) is 0 Å². The molecule has 102 valence electrons. The van der Waals surface area contributed by atoms with Crippen molar-refractivity contribution in [3.8, 4) is 0 Å². The van der Waals surface area contributed by atoms with Gasteiger partial charge in [-0.25, -0.2) is 0 Å². The summed E-state index contributed by atoms with van der Waals surface area (Å²) in [5.41, 5.74) is 5.93. The zero-order chi connectivity index (χ0) is 13.0. The molecule has 0 spiro atoms. The molecule has 1 aliphatic heterocycles. The molecule has 4 heteroatoms. The van der Waals surface area contributed by atoms with Crippen LogP contribution in [-0.2, 0) is 4.74 Å². The van der Waals surface area contributed by atoms with Gasteiger partial charge < -0.3 is 14.9 Å². The zero-order valence-electron chi connectivity index (χ0n) is 11.4. The minimum absolute atomic E-state index is 0.207. The van der Waals surface area contributed by atoms with Crippen LogP contribution in [-0.4, -0.2) is 38.3 Å². The molecule has 2 N–H and O–H groups in total. The summed E-state index contributed by atoms with van der Waals surface area (Å²) in [6.07, 6.45) is 2.46. The van der Waals surface area contributed by atoms with Crippen LogP contribution < -0.4 is 5.73 Å². The molecule has 1 fully saturated rings. The Kier molecular flexibility index (Phi) is 4.80. The molecule has 18 heavy (non-hydrogen) atoms. The normalized spacial score (nSPS) is 23.2. The molecule has 2 atom stereocenters. The zero-order valence-corrected chi connectivity index (χ0v) is 11.4. The Balaban J connectivity index is 2.03. The third kappa shape index (κ3) is 3.13. The molecule has 2 unspecified atom stereocenters. The number of nitrogens with two attached hydrogens (primary N) is 1. The van der Waals surface area contributed by atoms with E-state index in [9.17, 15) is 0 Å². The van der Waals surface area contributed by atoms with Crippen LogP contribution >= 0.6 is 0 Å². The van der Waals surface area contributed by atoms with Crippen LogP contribution in [0.5, 0.6) is 0 Å². The van der Waals surface area contributed by atoms with Gasteiger partial charge in [0.15, 0.2) is 0 Å². The Labute approximate surface area is 109 Å². The van der Waals surface area contributed by atoms with Crippen LogP contribution in [0.15, 0.2) is 16.5 Å². The molecule has 2 rings (SSSR count). The average Bonchev–Trinajstić information content (AvgIpc) is 2.78. The highest BCUT2D eigenvalue weighted by atomic mass is 16.5. The van der Waals surface area contributed by atoms with Crippen molar-refractivity contribution < 1.29 is 9.15 Å². The van der Waals surface area contributed by atoms with Crippen LogP contribution in [0, 0.1) is 12.8 Å². The van der Waals surface area contributed by atoms with Gasteiger partial charge in [0.1, 0.15) is 11.5 Å². The molecule has 1 aromatic heterocycles. The quantitative estimate of drug-likeness (QED) is 0.870. The van der Waals surface area contributed by atoms with E-state index in [-0.39, 0.29) is 6.04 Å². The summed E-state index contributed by atoms with van der Waals surface area (Å²) in [4.78, 5) is 2.44. The fourth-order valence-corrected chi connectivity index (χ4v) is 2.83. The molecular formula is C14H24N2O2. The molecule has 1 aliphatic rings. The highest BCUT2D eigenvalue weighted by Gasteiger charge is 2.27. The van der Waals surface area contributed by atoms with Crippen LogP contribution in [0.1, 0.15) is 30.4 Å². The van der Waals surface area contributed by atoms with Crippen LogP contribution in [0.25, 0.3) is 0 Å². The van der Waals surface area contributed by atoms with E-state index in [1.165, 1.54) is 12.8 Å². The van der Waals surface area contributed by atoms with Crippen molar-refractivity contribution in [1.29, 1.82) is 0 Å². The van der Waals surface area contributed by atoms with Crippen molar-refractivity contribution in [2.75, 3.05) is 33.4 Å². The van der Waals surface area contributed by atoms with Gasteiger partial charge in [0.05, 0.1) is 12.6 Å². The van der Waals surface area contributed by atoms with Crippen molar-refractivity contribution in [2.24, 2.45) is 11.7 Å². The van der Waals surface area contributed by atoms with Crippen molar-refractivity contribution in [3.05, 3.63) is 23.7 Å². The molecular weight excluding hydrogens is 228 g/mol. The Morgan fingerprint density at radius 2 is 2.39 bits per heavy atom. The SMILES string of the molecule is COCC1CCCN(C(CN)c2ccc(C)o2)C1. The largest absolute Gasteiger partial charge is 0.465 e. The first-order valence-corrected chi connectivity index (χ1v) is 6.74. The Bertz CT molecular complexity index is 362. The smallest absolute Gasteiger partial charge is 0.122 e. The summed E-state index contributed by atoms with van der Waals surface area (Å²) < 4.78 is 11.0. The summed E-state index contributed by atoms with van der Waals surface area (Å²) in [6.45, 7) is 5.57. The van der Waals surface area contributed by atoms with Crippen LogP contribution in [0.4, 0.5) is 0 Å². The number of aryl methyl sites for hydroxylation is 1. The van der Waals surface area contributed by atoms with Crippen molar-refractivity contribution in [3.63, 3.8) is 0 Å². The van der Waals surface area contributed by atoms with E-state index in [1.54, 1.807) is 7.11 Å². The molecule has 0 aromatic carbocycles. The van der Waals surface area contributed by atoms with Gasteiger partial charge in [0.25, 0.3) is 0 Å². The summed E-state index contributed by atoms with van der Waals surface area (Å²) in [6, 6.07) is 4.26. The van der Waals surface area contributed by atoms with E-state index in [1.807, 2.05) is 19.1 Å². The number of ether oxygens (including phenoxy) is 1. The van der Waals surface area contributed by atoms with Crippen molar-refractivity contribution in [1.82, 2.24) is 4.90 Å². The maximum Gasteiger partial charge on any atom is 0.122 e. The minimum Gasteiger partial charge on any atom is -0.465 e. The summed E-state index contributed by atoms with van der Waals surface area (Å²) in [7, 11) is 1.77. The standard InChI is InChI=1S/C14H24N2O2/c1-11-5-6-14(18-11)13(8-15)16-7-3-4-12(9-16)10-17-2/h5-6,12-13H,3-4,7-10,15H2,1-2H3. The van der Waals surface area contributed by atoms with E-state index in [0.717, 1.165) is 31.2 Å². The van der Waals surface area contributed by atoms with Crippen LogP contribution in [0.2, 0.25) is 0 Å². The average molecular weight is 252 g/mol. The third-order valence-corrected chi connectivity index (χ3v) is 3.71. The number of methoxy groups -OCH3 is 1. The first-order chi connectivity index (χ1) is 8.74. The molecule has 0 saturated carbocycles. The van der Waals surface area contributed by atoms with Crippen molar-refractivity contribution >= 4 is 0 Å². The van der Waals surface area contributed by atoms with Gasteiger partial charge in [-0.05, 0) is 44.4 Å². The number of furan rings is 1. The Morgan fingerprint density at radius 1 is 1.56 bits per heavy atom. The second-order valence-corrected chi connectivity index (χ2v) is 5.16. The first kappa shape index (κ1) is 13.6. The van der Waals surface area contributed by atoms with Gasteiger partial charge in [-0.1, -0.05) is 0 Å². The van der Waals surface area contributed by atoms with Gasteiger partial charge in [0, 0.05) is 20.2 Å². The highest BCUT2D eigenvalue weighted by Crippen LogP contribution is 2.27. The maximum absolute atomic E-state index is 5.93. The van der Waals surface area contributed by atoms with E-state index in [2.05, 4.69) is 4.90 Å². The number of likely N-dealkylation sites (tertiary alicyclic amines) is 1. The fourth-order valence-electron chi connectivity index (χ4n) is 2.83. The van der Waals surface area contributed by atoms with E-state index in [0.29, 0.717) is 12.5 Å². The molecule has 1 aromatic rings. The summed E-state index contributed by atoms with van der Waals surface area (Å²) in [5, 5.41) is 0. The van der Waals surface area contributed by atoms with Crippen LogP contribution in [0.3, 0.4) is 0 Å².